The summed E-state index contributed by atoms with van der Waals surface area (Å²) in [6.45, 7) is 9.83. The first-order valence-electron chi connectivity index (χ1n) is 7.39. The molecule has 1 aliphatic rings. The van der Waals surface area contributed by atoms with Crippen LogP contribution in [0, 0.1) is 11.3 Å². The molecule has 0 bridgehead atoms. The fourth-order valence-corrected chi connectivity index (χ4v) is 2.96. The number of hydrogen-bond acceptors (Lipinski definition) is 2. The molecule has 2 nitrogen and oxygen atoms in total. The van der Waals surface area contributed by atoms with Gasteiger partial charge in [-0.25, -0.2) is 0 Å². The maximum Gasteiger partial charge on any atom is 0.0621 e. The summed E-state index contributed by atoms with van der Waals surface area (Å²) in [5.41, 5.74) is 1.42. The van der Waals surface area contributed by atoms with E-state index in [0.717, 1.165) is 13.0 Å². The van der Waals surface area contributed by atoms with Crippen LogP contribution in [0.15, 0.2) is 30.3 Å². The van der Waals surface area contributed by atoms with Crippen molar-refractivity contribution in [1.82, 2.24) is 5.32 Å². The zero-order valence-corrected chi connectivity index (χ0v) is 12.6. The summed E-state index contributed by atoms with van der Waals surface area (Å²) in [6.07, 6.45) is 0.728. The molecule has 0 heterocycles. The molecule has 1 fully saturated rings. The Labute approximate surface area is 117 Å². The van der Waals surface area contributed by atoms with E-state index in [4.69, 9.17) is 0 Å². The van der Waals surface area contributed by atoms with E-state index in [1.807, 2.05) is 0 Å². The molecular weight excluding hydrogens is 234 g/mol. The lowest BCUT2D eigenvalue weighted by molar-refractivity contribution is -0.0728. The summed E-state index contributed by atoms with van der Waals surface area (Å²) in [5.74, 6) is 1.15. The van der Waals surface area contributed by atoms with Gasteiger partial charge in [-0.1, -0.05) is 58.0 Å². The number of hydrogen-bond donors (Lipinski definition) is 2. The highest BCUT2D eigenvalue weighted by Crippen LogP contribution is 2.40. The van der Waals surface area contributed by atoms with Crippen molar-refractivity contribution in [3.8, 4) is 0 Å². The van der Waals surface area contributed by atoms with Crippen LogP contribution in [0.2, 0.25) is 0 Å². The van der Waals surface area contributed by atoms with Crippen molar-refractivity contribution >= 4 is 0 Å². The van der Waals surface area contributed by atoms with Crippen molar-refractivity contribution in [2.75, 3.05) is 6.54 Å². The zero-order chi connectivity index (χ0) is 14.0. The Bertz CT molecular complexity index is 399. The van der Waals surface area contributed by atoms with Gasteiger partial charge in [0.05, 0.1) is 6.10 Å². The summed E-state index contributed by atoms with van der Waals surface area (Å²) in [5, 5.41) is 13.5. The molecule has 0 aromatic heterocycles. The molecule has 19 heavy (non-hydrogen) atoms. The molecule has 106 valence electrons. The molecule has 1 aromatic rings. The third kappa shape index (κ3) is 3.01. The minimum atomic E-state index is -0.153. The topological polar surface area (TPSA) is 32.3 Å². The van der Waals surface area contributed by atoms with Crippen LogP contribution in [0.25, 0.3) is 0 Å². The van der Waals surface area contributed by atoms with Gasteiger partial charge in [-0.2, -0.15) is 0 Å². The van der Waals surface area contributed by atoms with E-state index < -0.39 is 0 Å². The molecule has 1 aliphatic carbocycles. The molecule has 3 atom stereocenters. The molecule has 0 amide bonds. The number of benzene rings is 1. The fraction of sp³-hybridized carbons (Fsp3) is 0.647. The Morgan fingerprint density at radius 1 is 1.26 bits per heavy atom. The summed E-state index contributed by atoms with van der Waals surface area (Å²) in [6, 6.07) is 11.2. The maximum absolute atomic E-state index is 9.80. The first-order valence-corrected chi connectivity index (χ1v) is 7.39. The first-order chi connectivity index (χ1) is 8.93. The van der Waals surface area contributed by atoms with Gasteiger partial charge in [-0.3, -0.25) is 0 Å². The summed E-state index contributed by atoms with van der Waals surface area (Å²) in [7, 11) is 0. The van der Waals surface area contributed by atoms with Gasteiger partial charge in [0.2, 0.25) is 0 Å². The average molecular weight is 261 g/mol. The largest absolute Gasteiger partial charge is 0.392 e. The zero-order valence-electron chi connectivity index (χ0n) is 12.6. The first kappa shape index (κ1) is 14.5. The average Bonchev–Trinajstić information content (AvgIpc) is 2.38. The second kappa shape index (κ2) is 5.64. The Morgan fingerprint density at radius 3 is 2.37 bits per heavy atom. The highest BCUT2D eigenvalue weighted by atomic mass is 16.3. The lowest BCUT2D eigenvalue weighted by Crippen LogP contribution is -2.60. The Kier molecular flexibility index (Phi) is 4.32. The van der Waals surface area contributed by atoms with Crippen LogP contribution in [0.1, 0.15) is 45.6 Å². The summed E-state index contributed by atoms with van der Waals surface area (Å²) >= 11 is 0. The van der Waals surface area contributed by atoms with Crippen molar-refractivity contribution in [1.29, 1.82) is 0 Å². The van der Waals surface area contributed by atoms with Gasteiger partial charge in [0.1, 0.15) is 0 Å². The van der Waals surface area contributed by atoms with Crippen LogP contribution in [-0.2, 0) is 0 Å². The molecule has 1 saturated carbocycles. The van der Waals surface area contributed by atoms with E-state index >= 15 is 0 Å². The normalized spacial score (nSPS) is 27.1. The van der Waals surface area contributed by atoms with Crippen LogP contribution in [0.5, 0.6) is 0 Å². The van der Waals surface area contributed by atoms with Gasteiger partial charge >= 0.3 is 0 Å². The Morgan fingerprint density at radius 2 is 1.89 bits per heavy atom. The quantitative estimate of drug-likeness (QED) is 0.853. The second-order valence-corrected chi connectivity index (χ2v) is 6.79. The highest BCUT2D eigenvalue weighted by molar-refractivity contribution is 5.20. The highest BCUT2D eigenvalue weighted by Gasteiger charge is 2.47. The minimum Gasteiger partial charge on any atom is -0.392 e. The fourth-order valence-electron chi connectivity index (χ4n) is 2.96. The van der Waals surface area contributed by atoms with Gasteiger partial charge in [-0.15, -0.1) is 0 Å². The number of aliphatic hydroxyl groups is 1. The van der Waals surface area contributed by atoms with Crippen molar-refractivity contribution in [3.05, 3.63) is 35.9 Å². The van der Waals surface area contributed by atoms with Crippen molar-refractivity contribution in [3.63, 3.8) is 0 Å². The van der Waals surface area contributed by atoms with E-state index in [2.05, 4.69) is 63.3 Å². The van der Waals surface area contributed by atoms with Gasteiger partial charge < -0.3 is 10.4 Å². The molecule has 3 unspecified atom stereocenters. The summed E-state index contributed by atoms with van der Waals surface area (Å²) < 4.78 is 0. The molecule has 0 spiro atoms. The van der Waals surface area contributed by atoms with Crippen molar-refractivity contribution in [2.45, 2.75) is 52.2 Å². The minimum absolute atomic E-state index is 0.0121. The lowest BCUT2D eigenvalue weighted by Gasteiger charge is -2.50. The Balaban J connectivity index is 1.96. The van der Waals surface area contributed by atoms with E-state index in [1.54, 1.807) is 0 Å². The third-order valence-electron chi connectivity index (χ3n) is 4.83. The van der Waals surface area contributed by atoms with Crippen molar-refractivity contribution in [2.24, 2.45) is 11.3 Å². The van der Waals surface area contributed by atoms with Crippen LogP contribution in [0.3, 0.4) is 0 Å². The van der Waals surface area contributed by atoms with Gasteiger partial charge in [0, 0.05) is 18.0 Å². The molecule has 2 heteroatoms. The molecule has 0 radical (unpaired) electrons. The maximum atomic E-state index is 9.80. The molecule has 1 aromatic carbocycles. The second-order valence-electron chi connectivity index (χ2n) is 6.79. The van der Waals surface area contributed by atoms with Gasteiger partial charge in [-0.05, 0) is 23.8 Å². The number of aliphatic hydroxyl groups excluding tert-OH is 1. The molecular formula is C17H27NO. The number of nitrogens with one attached hydrogen (secondary N) is 1. The van der Waals surface area contributed by atoms with E-state index in [9.17, 15) is 5.11 Å². The molecule has 2 N–H and O–H groups in total. The Hall–Kier alpha value is -0.860. The molecule has 2 rings (SSSR count). The van der Waals surface area contributed by atoms with E-state index in [0.29, 0.717) is 17.9 Å². The van der Waals surface area contributed by atoms with Crippen LogP contribution in [-0.4, -0.2) is 23.8 Å². The predicted molar refractivity (Wildman–Crippen MR) is 80.2 cm³/mol. The monoisotopic (exact) mass is 261 g/mol. The van der Waals surface area contributed by atoms with Crippen LogP contribution in [0.4, 0.5) is 0 Å². The van der Waals surface area contributed by atoms with E-state index in [1.165, 1.54) is 5.56 Å². The third-order valence-corrected chi connectivity index (χ3v) is 4.83. The summed E-state index contributed by atoms with van der Waals surface area (Å²) in [4.78, 5) is 0. The SMILES string of the molecule is CC(C)C(CNC1CC(O)C1(C)C)c1ccccc1. The van der Waals surface area contributed by atoms with Gasteiger partial charge in [0.15, 0.2) is 0 Å². The standard InChI is InChI=1S/C17H27NO/c1-12(2)14(13-8-6-5-7-9-13)11-18-15-10-16(19)17(15,3)4/h5-9,12,14-16,18-19H,10-11H2,1-4H3. The molecule has 0 aliphatic heterocycles. The molecule has 0 saturated heterocycles. The van der Waals surface area contributed by atoms with Crippen LogP contribution >= 0.6 is 0 Å². The van der Waals surface area contributed by atoms with Crippen LogP contribution < -0.4 is 5.32 Å². The lowest BCUT2D eigenvalue weighted by atomic mass is 9.64. The predicted octanol–water partition coefficient (Wildman–Crippen LogP) is 3.18. The smallest absolute Gasteiger partial charge is 0.0621 e. The van der Waals surface area contributed by atoms with Gasteiger partial charge in [0.25, 0.3) is 0 Å². The number of rotatable bonds is 5. The van der Waals surface area contributed by atoms with Crippen molar-refractivity contribution < 1.29 is 5.11 Å². The van der Waals surface area contributed by atoms with E-state index in [-0.39, 0.29) is 11.5 Å².